The van der Waals surface area contributed by atoms with Crippen molar-refractivity contribution >= 4 is 5.69 Å². The molecule has 0 saturated carbocycles. The zero-order valence-electron chi connectivity index (χ0n) is 13.1. The number of benzene rings is 2. The summed E-state index contributed by atoms with van der Waals surface area (Å²) >= 11 is 0. The molecule has 1 aromatic heterocycles. The quantitative estimate of drug-likeness (QED) is 0.715. The van der Waals surface area contributed by atoms with Crippen molar-refractivity contribution in [2.24, 2.45) is 0 Å². The molecule has 0 radical (unpaired) electrons. The van der Waals surface area contributed by atoms with Crippen LogP contribution in [0.4, 0.5) is 18.9 Å². The van der Waals surface area contributed by atoms with Gasteiger partial charge in [0, 0.05) is 17.8 Å². The van der Waals surface area contributed by atoms with E-state index in [9.17, 15) is 13.2 Å². The predicted molar refractivity (Wildman–Crippen MR) is 86.7 cm³/mol. The van der Waals surface area contributed by atoms with Crippen LogP contribution in [0, 0.1) is 0 Å². The van der Waals surface area contributed by atoms with Crippen LogP contribution in [0.3, 0.4) is 0 Å². The molecule has 0 aliphatic heterocycles. The lowest BCUT2D eigenvalue weighted by Crippen LogP contribution is -2.17. The first-order chi connectivity index (χ1) is 11.9. The normalized spacial score (nSPS) is 11.5. The maximum atomic E-state index is 12.1. The smallest absolute Gasteiger partial charge is 0.406 e. The van der Waals surface area contributed by atoms with Gasteiger partial charge in [0.2, 0.25) is 0 Å². The third kappa shape index (κ3) is 4.72. The van der Waals surface area contributed by atoms with Crippen molar-refractivity contribution in [2.45, 2.75) is 19.3 Å². The molecular formula is C17H15F3N4O. The molecular weight excluding hydrogens is 333 g/mol. The maximum absolute atomic E-state index is 12.1. The summed E-state index contributed by atoms with van der Waals surface area (Å²) in [6, 6.07) is 13.0. The van der Waals surface area contributed by atoms with E-state index in [0.29, 0.717) is 24.5 Å². The number of halogens is 3. The number of hydrogen-bond donors (Lipinski definition) is 1. The second-order valence-electron chi connectivity index (χ2n) is 5.40. The van der Waals surface area contributed by atoms with E-state index in [4.69, 9.17) is 5.73 Å². The molecule has 0 saturated heterocycles. The Morgan fingerprint density at radius 1 is 1.00 bits per heavy atom. The Morgan fingerprint density at radius 3 is 2.32 bits per heavy atom. The second kappa shape index (κ2) is 6.84. The number of ether oxygens (including phenoxy) is 1. The molecule has 25 heavy (non-hydrogen) atoms. The van der Waals surface area contributed by atoms with Gasteiger partial charge in [0.05, 0.1) is 0 Å². The Bertz CT molecular complexity index is 826. The van der Waals surface area contributed by atoms with Crippen LogP contribution in [0.5, 0.6) is 5.75 Å². The molecule has 0 amide bonds. The number of nitrogens with zero attached hydrogens (tertiary/aromatic N) is 3. The van der Waals surface area contributed by atoms with E-state index in [-0.39, 0.29) is 5.75 Å². The molecule has 2 N–H and O–H groups in total. The van der Waals surface area contributed by atoms with E-state index >= 15 is 0 Å². The fourth-order valence-electron chi connectivity index (χ4n) is 2.27. The molecule has 0 aliphatic rings. The van der Waals surface area contributed by atoms with Crippen LogP contribution < -0.4 is 10.5 Å². The fourth-order valence-corrected chi connectivity index (χ4v) is 2.27. The first-order valence-corrected chi connectivity index (χ1v) is 7.49. The standard InChI is InChI=1S/C17H15F3N4O/c18-17(19,20)25-15-7-1-12(2-8-15)9-10-24-11-22-16(23-24)13-3-5-14(21)6-4-13/h1-8,11H,9-10,21H2. The Labute approximate surface area is 141 Å². The lowest BCUT2D eigenvalue weighted by Gasteiger charge is -2.09. The summed E-state index contributed by atoms with van der Waals surface area (Å²) in [6.45, 7) is 0.557. The highest BCUT2D eigenvalue weighted by atomic mass is 19.4. The van der Waals surface area contributed by atoms with Gasteiger partial charge in [0.1, 0.15) is 12.1 Å². The number of alkyl halides is 3. The monoisotopic (exact) mass is 348 g/mol. The Balaban J connectivity index is 1.59. The minimum Gasteiger partial charge on any atom is -0.406 e. The molecule has 130 valence electrons. The van der Waals surface area contributed by atoms with Crippen LogP contribution >= 0.6 is 0 Å². The molecule has 3 aromatic rings. The van der Waals surface area contributed by atoms with Gasteiger partial charge in [-0.25, -0.2) is 4.98 Å². The summed E-state index contributed by atoms with van der Waals surface area (Å²) in [6.07, 6.45) is -2.45. The number of hydrogen-bond acceptors (Lipinski definition) is 4. The van der Waals surface area contributed by atoms with Crippen LogP contribution in [-0.2, 0) is 13.0 Å². The largest absolute Gasteiger partial charge is 0.573 e. The number of rotatable bonds is 5. The average Bonchev–Trinajstić information content (AvgIpc) is 3.02. The van der Waals surface area contributed by atoms with Crippen LogP contribution in [0.15, 0.2) is 54.9 Å². The lowest BCUT2D eigenvalue weighted by molar-refractivity contribution is -0.274. The Morgan fingerprint density at radius 2 is 1.68 bits per heavy atom. The molecule has 3 rings (SSSR count). The van der Waals surface area contributed by atoms with Crippen molar-refractivity contribution in [3.05, 3.63) is 60.4 Å². The number of nitrogens with two attached hydrogens (primary N) is 1. The van der Waals surface area contributed by atoms with Gasteiger partial charge in [-0.2, -0.15) is 5.10 Å². The van der Waals surface area contributed by atoms with Gasteiger partial charge in [-0.3, -0.25) is 4.68 Å². The molecule has 0 bridgehead atoms. The molecule has 1 heterocycles. The van der Waals surface area contributed by atoms with Gasteiger partial charge in [0.15, 0.2) is 5.82 Å². The third-order valence-electron chi connectivity index (χ3n) is 3.49. The molecule has 2 aromatic carbocycles. The van der Waals surface area contributed by atoms with E-state index in [1.165, 1.54) is 12.1 Å². The predicted octanol–water partition coefficient (Wildman–Crippen LogP) is 3.67. The van der Waals surface area contributed by atoms with E-state index < -0.39 is 6.36 Å². The number of anilines is 1. The summed E-state index contributed by atoms with van der Waals surface area (Å²) in [5.74, 6) is 0.358. The number of aryl methyl sites for hydroxylation is 2. The van der Waals surface area contributed by atoms with Crippen molar-refractivity contribution in [3.8, 4) is 17.1 Å². The molecule has 0 aliphatic carbocycles. The van der Waals surface area contributed by atoms with Crippen molar-refractivity contribution in [1.29, 1.82) is 0 Å². The molecule has 0 unspecified atom stereocenters. The summed E-state index contributed by atoms with van der Waals surface area (Å²) in [7, 11) is 0. The summed E-state index contributed by atoms with van der Waals surface area (Å²) in [4.78, 5) is 4.25. The maximum Gasteiger partial charge on any atom is 0.573 e. The second-order valence-corrected chi connectivity index (χ2v) is 5.40. The highest BCUT2D eigenvalue weighted by Gasteiger charge is 2.30. The van der Waals surface area contributed by atoms with Crippen molar-refractivity contribution in [1.82, 2.24) is 14.8 Å². The Hall–Kier alpha value is -3.03. The SMILES string of the molecule is Nc1ccc(-c2ncn(CCc3ccc(OC(F)(F)F)cc3)n2)cc1. The zero-order chi connectivity index (χ0) is 17.9. The van der Waals surface area contributed by atoms with Gasteiger partial charge in [-0.1, -0.05) is 12.1 Å². The summed E-state index contributed by atoms with van der Waals surface area (Å²) in [5, 5.41) is 4.38. The van der Waals surface area contributed by atoms with Gasteiger partial charge in [-0.05, 0) is 48.4 Å². The van der Waals surface area contributed by atoms with Gasteiger partial charge in [-0.15, -0.1) is 13.2 Å². The van der Waals surface area contributed by atoms with Crippen molar-refractivity contribution in [2.75, 3.05) is 5.73 Å². The summed E-state index contributed by atoms with van der Waals surface area (Å²) < 4.78 is 41.9. The lowest BCUT2D eigenvalue weighted by atomic mass is 10.1. The highest BCUT2D eigenvalue weighted by Crippen LogP contribution is 2.23. The zero-order valence-corrected chi connectivity index (χ0v) is 13.1. The molecule has 0 fully saturated rings. The number of aromatic nitrogens is 3. The minimum absolute atomic E-state index is 0.234. The number of nitrogen functional groups attached to an aromatic ring is 1. The van der Waals surface area contributed by atoms with E-state index in [1.807, 2.05) is 12.1 Å². The van der Waals surface area contributed by atoms with Gasteiger partial charge < -0.3 is 10.5 Å². The van der Waals surface area contributed by atoms with Gasteiger partial charge in [0.25, 0.3) is 0 Å². The fraction of sp³-hybridized carbons (Fsp3) is 0.176. The van der Waals surface area contributed by atoms with Crippen LogP contribution in [0.2, 0.25) is 0 Å². The topological polar surface area (TPSA) is 66.0 Å². The molecule has 0 atom stereocenters. The van der Waals surface area contributed by atoms with Crippen LogP contribution in [-0.4, -0.2) is 21.1 Å². The first kappa shape index (κ1) is 16.8. The molecule has 8 heteroatoms. The van der Waals surface area contributed by atoms with Crippen LogP contribution in [0.1, 0.15) is 5.56 Å². The first-order valence-electron chi connectivity index (χ1n) is 7.49. The summed E-state index contributed by atoms with van der Waals surface area (Å²) in [5.41, 5.74) is 8.05. The van der Waals surface area contributed by atoms with E-state index in [1.54, 1.807) is 35.3 Å². The van der Waals surface area contributed by atoms with E-state index in [2.05, 4.69) is 14.8 Å². The average molecular weight is 348 g/mol. The van der Waals surface area contributed by atoms with Crippen molar-refractivity contribution in [3.63, 3.8) is 0 Å². The third-order valence-corrected chi connectivity index (χ3v) is 3.49. The Kier molecular flexibility index (Phi) is 4.60. The van der Waals surface area contributed by atoms with E-state index in [0.717, 1.165) is 11.1 Å². The molecule has 5 nitrogen and oxygen atoms in total. The minimum atomic E-state index is -4.68. The van der Waals surface area contributed by atoms with Crippen LogP contribution in [0.25, 0.3) is 11.4 Å². The highest BCUT2D eigenvalue weighted by molar-refractivity contribution is 5.57. The molecule has 0 spiro atoms. The van der Waals surface area contributed by atoms with Gasteiger partial charge >= 0.3 is 6.36 Å². The van der Waals surface area contributed by atoms with Crippen molar-refractivity contribution < 1.29 is 17.9 Å².